The summed E-state index contributed by atoms with van der Waals surface area (Å²) in [6, 6.07) is 11.5. The second kappa shape index (κ2) is 6.90. The van der Waals surface area contributed by atoms with E-state index in [1.807, 2.05) is 0 Å². The SMILES string of the molecule is Cc1cc(-c2[nH]c3ccc(C4CCCCC4)cc3c2C(C)C)cc(C)n1. The molecule has 136 valence electrons. The second-order valence-corrected chi connectivity index (χ2v) is 8.35. The smallest absolute Gasteiger partial charge is 0.0501 e. The average molecular weight is 347 g/mol. The molecule has 1 aliphatic rings. The van der Waals surface area contributed by atoms with Gasteiger partial charge in [0.2, 0.25) is 0 Å². The highest BCUT2D eigenvalue weighted by Crippen LogP contribution is 2.39. The first kappa shape index (κ1) is 17.3. The van der Waals surface area contributed by atoms with Crippen molar-refractivity contribution in [1.29, 1.82) is 0 Å². The van der Waals surface area contributed by atoms with Crippen molar-refractivity contribution < 1.29 is 0 Å². The molecular formula is C24H30N2. The first-order valence-electron chi connectivity index (χ1n) is 10.1. The summed E-state index contributed by atoms with van der Waals surface area (Å²) in [6.07, 6.45) is 6.87. The Balaban J connectivity index is 1.87. The largest absolute Gasteiger partial charge is 0.354 e. The summed E-state index contributed by atoms with van der Waals surface area (Å²) >= 11 is 0. The van der Waals surface area contributed by atoms with E-state index in [0.717, 1.165) is 17.3 Å². The molecule has 3 aromatic rings. The molecule has 2 heteroatoms. The van der Waals surface area contributed by atoms with Gasteiger partial charge in [0.15, 0.2) is 0 Å². The third kappa shape index (κ3) is 3.18. The van der Waals surface area contributed by atoms with E-state index in [4.69, 9.17) is 0 Å². The number of aromatic nitrogens is 2. The van der Waals surface area contributed by atoms with Crippen LogP contribution < -0.4 is 0 Å². The van der Waals surface area contributed by atoms with E-state index >= 15 is 0 Å². The van der Waals surface area contributed by atoms with E-state index < -0.39 is 0 Å². The van der Waals surface area contributed by atoms with E-state index in [9.17, 15) is 0 Å². The minimum atomic E-state index is 0.481. The van der Waals surface area contributed by atoms with Crippen LogP contribution in [0.5, 0.6) is 0 Å². The van der Waals surface area contributed by atoms with Crippen molar-refractivity contribution in [2.24, 2.45) is 0 Å². The predicted molar refractivity (Wildman–Crippen MR) is 111 cm³/mol. The van der Waals surface area contributed by atoms with Crippen molar-refractivity contribution in [3.05, 3.63) is 52.8 Å². The highest BCUT2D eigenvalue weighted by Gasteiger charge is 2.20. The highest BCUT2D eigenvalue weighted by molar-refractivity contribution is 5.92. The lowest BCUT2D eigenvalue weighted by molar-refractivity contribution is 0.444. The Bertz CT molecular complexity index is 907. The van der Waals surface area contributed by atoms with Gasteiger partial charge in [0.1, 0.15) is 0 Å². The van der Waals surface area contributed by atoms with E-state index in [1.165, 1.54) is 65.4 Å². The van der Waals surface area contributed by atoms with Crippen LogP contribution in [0.4, 0.5) is 0 Å². The number of H-pyrrole nitrogens is 1. The van der Waals surface area contributed by atoms with Crippen LogP contribution in [0.15, 0.2) is 30.3 Å². The Morgan fingerprint density at radius 3 is 2.31 bits per heavy atom. The summed E-state index contributed by atoms with van der Waals surface area (Å²) in [5.74, 6) is 1.23. The van der Waals surface area contributed by atoms with Crippen molar-refractivity contribution in [2.45, 2.75) is 71.6 Å². The van der Waals surface area contributed by atoms with Crippen molar-refractivity contribution in [2.75, 3.05) is 0 Å². The van der Waals surface area contributed by atoms with Crippen LogP contribution in [0, 0.1) is 13.8 Å². The number of fused-ring (bicyclic) bond motifs is 1. The topological polar surface area (TPSA) is 28.7 Å². The van der Waals surface area contributed by atoms with Crippen LogP contribution in [-0.2, 0) is 0 Å². The minimum Gasteiger partial charge on any atom is -0.354 e. The predicted octanol–water partition coefficient (Wildman–Crippen LogP) is 7.02. The van der Waals surface area contributed by atoms with Gasteiger partial charge in [0.05, 0.1) is 5.69 Å². The molecule has 2 heterocycles. The van der Waals surface area contributed by atoms with Crippen molar-refractivity contribution in [3.8, 4) is 11.3 Å². The third-order valence-electron chi connectivity index (χ3n) is 5.89. The number of benzene rings is 1. The number of nitrogens with zero attached hydrogens (tertiary/aromatic N) is 1. The van der Waals surface area contributed by atoms with Crippen LogP contribution in [0.1, 0.15) is 80.3 Å². The number of rotatable bonds is 3. The number of hydrogen-bond donors (Lipinski definition) is 1. The molecule has 2 nitrogen and oxygen atoms in total. The van der Waals surface area contributed by atoms with Gasteiger partial charge in [-0.15, -0.1) is 0 Å². The van der Waals surface area contributed by atoms with Gasteiger partial charge in [-0.05, 0) is 73.9 Å². The maximum Gasteiger partial charge on any atom is 0.0501 e. The Hall–Kier alpha value is -2.09. The second-order valence-electron chi connectivity index (χ2n) is 8.35. The summed E-state index contributed by atoms with van der Waals surface area (Å²) in [6.45, 7) is 8.77. The lowest BCUT2D eigenvalue weighted by atomic mass is 9.83. The fraction of sp³-hybridized carbons (Fsp3) is 0.458. The first-order valence-corrected chi connectivity index (χ1v) is 10.1. The summed E-state index contributed by atoms with van der Waals surface area (Å²) in [7, 11) is 0. The van der Waals surface area contributed by atoms with Crippen molar-refractivity contribution in [3.63, 3.8) is 0 Å². The minimum absolute atomic E-state index is 0.481. The Kier molecular flexibility index (Phi) is 4.60. The van der Waals surface area contributed by atoms with Gasteiger partial charge < -0.3 is 4.98 Å². The molecule has 0 saturated heterocycles. The highest BCUT2D eigenvalue weighted by atomic mass is 14.7. The Labute approximate surface area is 157 Å². The van der Waals surface area contributed by atoms with Gasteiger partial charge in [-0.1, -0.05) is 39.2 Å². The monoisotopic (exact) mass is 346 g/mol. The molecule has 1 aromatic carbocycles. The molecule has 1 aliphatic carbocycles. The quantitative estimate of drug-likeness (QED) is 0.542. The molecule has 1 saturated carbocycles. The summed E-state index contributed by atoms with van der Waals surface area (Å²) in [5.41, 5.74) is 8.93. The van der Waals surface area contributed by atoms with Crippen molar-refractivity contribution in [1.82, 2.24) is 9.97 Å². The molecule has 2 aromatic heterocycles. The molecule has 0 bridgehead atoms. The van der Waals surface area contributed by atoms with Gasteiger partial charge in [0, 0.05) is 27.9 Å². The number of hydrogen-bond acceptors (Lipinski definition) is 1. The standard InChI is InChI=1S/C24H30N2/c1-15(2)23-21-14-19(18-8-6-5-7-9-18)10-11-22(21)26-24(23)20-12-16(3)25-17(4)13-20/h10-15,18,26H,5-9H2,1-4H3. The van der Waals surface area contributed by atoms with Crippen LogP contribution in [0.25, 0.3) is 22.2 Å². The van der Waals surface area contributed by atoms with E-state index in [2.05, 4.69) is 68.0 Å². The zero-order chi connectivity index (χ0) is 18.3. The molecule has 0 radical (unpaired) electrons. The van der Waals surface area contributed by atoms with Crippen molar-refractivity contribution >= 4 is 10.9 Å². The molecule has 0 aliphatic heterocycles. The maximum atomic E-state index is 4.55. The zero-order valence-corrected chi connectivity index (χ0v) is 16.5. The van der Waals surface area contributed by atoms with Gasteiger partial charge in [-0.2, -0.15) is 0 Å². The summed E-state index contributed by atoms with van der Waals surface area (Å²) in [4.78, 5) is 8.27. The third-order valence-corrected chi connectivity index (χ3v) is 5.89. The zero-order valence-electron chi connectivity index (χ0n) is 16.5. The van der Waals surface area contributed by atoms with Crippen LogP contribution in [0.2, 0.25) is 0 Å². The Morgan fingerprint density at radius 1 is 0.962 bits per heavy atom. The molecule has 1 fully saturated rings. The lowest BCUT2D eigenvalue weighted by Gasteiger charge is -2.22. The first-order chi connectivity index (χ1) is 12.5. The van der Waals surface area contributed by atoms with Crippen LogP contribution >= 0.6 is 0 Å². The average Bonchev–Trinajstić information content (AvgIpc) is 3.00. The van der Waals surface area contributed by atoms with E-state index in [1.54, 1.807) is 0 Å². The van der Waals surface area contributed by atoms with Gasteiger partial charge in [0.25, 0.3) is 0 Å². The molecule has 0 amide bonds. The normalized spacial score (nSPS) is 15.9. The molecule has 0 spiro atoms. The Morgan fingerprint density at radius 2 is 1.65 bits per heavy atom. The van der Waals surface area contributed by atoms with E-state index in [0.29, 0.717) is 5.92 Å². The van der Waals surface area contributed by atoms with Crippen LogP contribution in [0.3, 0.4) is 0 Å². The fourth-order valence-corrected chi connectivity index (χ4v) is 4.73. The molecule has 0 unspecified atom stereocenters. The number of aromatic amines is 1. The molecule has 4 rings (SSSR count). The summed E-state index contributed by atoms with van der Waals surface area (Å²) in [5, 5.41) is 1.41. The molecule has 0 atom stereocenters. The lowest BCUT2D eigenvalue weighted by Crippen LogP contribution is -2.04. The fourth-order valence-electron chi connectivity index (χ4n) is 4.73. The molecule has 26 heavy (non-hydrogen) atoms. The molecular weight excluding hydrogens is 316 g/mol. The number of nitrogens with one attached hydrogen (secondary N) is 1. The summed E-state index contributed by atoms with van der Waals surface area (Å²) < 4.78 is 0. The van der Waals surface area contributed by atoms with Gasteiger partial charge in [-0.3, -0.25) is 4.98 Å². The van der Waals surface area contributed by atoms with E-state index in [-0.39, 0.29) is 0 Å². The van der Waals surface area contributed by atoms with Gasteiger partial charge in [-0.25, -0.2) is 0 Å². The van der Waals surface area contributed by atoms with Crippen LogP contribution in [-0.4, -0.2) is 9.97 Å². The van der Waals surface area contributed by atoms with Gasteiger partial charge >= 0.3 is 0 Å². The molecule has 1 N–H and O–H groups in total. The number of aryl methyl sites for hydroxylation is 2. The number of pyridine rings is 1. The maximum absolute atomic E-state index is 4.55.